The van der Waals surface area contributed by atoms with Crippen molar-refractivity contribution in [3.63, 3.8) is 0 Å². The van der Waals surface area contributed by atoms with Crippen LogP contribution < -0.4 is 11.1 Å². The maximum atomic E-state index is 12.7. The standard InChI is InChI=1S/C19H21N3O3S2/c1-3-26-13-6-4-5-12(9-13)18(25)21-19-16(17(20)24)14-7-8-22(11(2)23)10-15(14)27-19/h4-6,9H,3,7-8,10H2,1-2H3,(H2,20,24)(H,21,25). The second kappa shape index (κ2) is 8.14. The normalized spacial score (nSPS) is 13.2. The quantitative estimate of drug-likeness (QED) is 0.750. The number of amides is 3. The Labute approximate surface area is 166 Å². The highest BCUT2D eigenvalue weighted by atomic mass is 32.2. The van der Waals surface area contributed by atoms with Gasteiger partial charge < -0.3 is 16.0 Å². The molecule has 0 atom stereocenters. The third-order valence-electron chi connectivity index (χ3n) is 4.38. The maximum Gasteiger partial charge on any atom is 0.256 e. The number of thioether (sulfide) groups is 1. The molecule has 3 N–H and O–H groups in total. The first-order valence-electron chi connectivity index (χ1n) is 8.64. The highest BCUT2D eigenvalue weighted by molar-refractivity contribution is 7.99. The number of anilines is 1. The number of carbonyl (C=O) groups excluding carboxylic acids is 3. The lowest BCUT2D eigenvalue weighted by molar-refractivity contribution is -0.129. The number of rotatable bonds is 5. The molecule has 0 radical (unpaired) electrons. The average molecular weight is 404 g/mol. The Morgan fingerprint density at radius 1 is 1.33 bits per heavy atom. The molecule has 142 valence electrons. The van der Waals surface area contributed by atoms with Gasteiger partial charge in [0.25, 0.3) is 11.8 Å². The lowest BCUT2D eigenvalue weighted by atomic mass is 10.0. The monoisotopic (exact) mass is 403 g/mol. The average Bonchev–Trinajstić information content (AvgIpc) is 2.99. The molecule has 8 heteroatoms. The van der Waals surface area contributed by atoms with Crippen LogP contribution in [0, 0.1) is 0 Å². The fraction of sp³-hybridized carbons (Fsp3) is 0.316. The van der Waals surface area contributed by atoms with E-state index in [1.807, 2.05) is 18.2 Å². The number of nitrogens with two attached hydrogens (primary N) is 1. The number of hydrogen-bond donors (Lipinski definition) is 2. The van der Waals surface area contributed by atoms with Gasteiger partial charge in [-0.3, -0.25) is 14.4 Å². The van der Waals surface area contributed by atoms with Gasteiger partial charge >= 0.3 is 0 Å². The van der Waals surface area contributed by atoms with Crippen LogP contribution >= 0.6 is 23.1 Å². The van der Waals surface area contributed by atoms with Crippen molar-refractivity contribution in [3.8, 4) is 0 Å². The summed E-state index contributed by atoms with van der Waals surface area (Å²) in [6.45, 7) is 4.56. The molecule has 2 aromatic rings. The number of hydrogen-bond acceptors (Lipinski definition) is 5. The first-order valence-corrected chi connectivity index (χ1v) is 10.4. The molecule has 27 heavy (non-hydrogen) atoms. The van der Waals surface area contributed by atoms with Crippen molar-refractivity contribution in [1.29, 1.82) is 0 Å². The number of nitrogens with zero attached hydrogens (tertiary/aromatic N) is 1. The zero-order valence-corrected chi connectivity index (χ0v) is 16.8. The Morgan fingerprint density at radius 3 is 2.78 bits per heavy atom. The lowest BCUT2D eigenvalue weighted by Gasteiger charge is -2.25. The third-order valence-corrected chi connectivity index (χ3v) is 6.39. The van der Waals surface area contributed by atoms with E-state index in [1.165, 1.54) is 18.3 Å². The summed E-state index contributed by atoms with van der Waals surface area (Å²) in [4.78, 5) is 40.0. The molecule has 0 saturated heterocycles. The van der Waals surface area contributed by atoms with E-state index in [1.54, 1.807) is 22.7 Å². The molecule has 0 saturated carbocycles. The minimum atomic E-state index is -0.561. The number of thiophene rings is 1. The predicted molar refractivity (Wildman–Crippen MR) is 108 cm³/mol. The van der Waals surface area contributed by atoms with E-state index in [0.29, 0.717) is 35.6 Å². The lowest BCUT2D eigenvalue weighted by Crippen LogP contribution is -2.34. The van der Waals surface area contributed by atoms with Crippen LogP contribution in [0.25, 0.3) is 0 Å². The minimum Gasteiger partial charge on any atom is -0.365 e. The zero-order chi connectivity index (χ0) is 19.6. The molecule has 0 aliphatic carbocycles. The van der Waals surface area contributed by atoms with Crippen LogP contribution in [0.5, 0.6) is 0 Å². The molecule has 2 heterocycles. The van der Waals surface area contributed by atoms with E-state index >= 15 is 0 Å². The van der Waals surface area contributed by atoms with Gasteiger partial charge in [-0.2, -0.15) is 0 Å². The van der Waals surface area contributed by atoms with E-state index in [9.17, 15) is 14.4 Å². The van der Waals surface area contributed by atoms with Crippen LogP contribution in [0.4, 0.5) is 5.00 Å². The molecule has 0 unspecified atom stereocenters. The second-order valence-electron chi connectivity index (χ2n) is 6.18. The van der Waals surface area contributed by atoms with Crippen molar-refractivity contribution < 1.29 is 14.4 Å². The van der Waals surface area contributed by atoms with Crippen LogP contribution in [0.3, 0.4) is 0 Å². The SMILES string of the molecule is CCSc1cccc(C(=O)Nc2sc3c(c2C(N)=O)CCN(C(C)=O)C3)c1. The Hall–Kier alpha value is -2.32. The number of carbonyl (C=O) groups is 3. The molecule has 3 rings (SSSR count). The first-order chi connectivity index (χ1) is 12.9. The van der Waals surface area contributed by atoms with Crippen molar-refractivity contribution in [3.05, 3.63) is 45.8 Å². The first kappa shape index (κ1) is 19.4. The fourth-order valence-corrected chi connectivity index (χ4v) is 5.07. The predicted octanol–water partition coefficient (Wildman–Crippen LogP) is 3.12. The van der Waals surface area contributed by atoms with E-state index in [-0.39, 0.29) is 11.8 Å². The van der Waals surface area contributed by atoms with E-state index in [2.05, 4.69) is 12.2 Å². The van der Waals surface area contributed by atoms with Gasteiger partial charge in [0.15, 0.2) is 0 Å². The molecule has 0 fully saturated rings. The fourth-order valence-electron chi connectivity index (χ4n) is 3.09. The molecule has 0 spiro atoms. The van der Waals surface area contributed by atoms with Crippen molar-refractivity contribution in [2.45, 2.75) is 31.7 Å². The Bertz CT molecular complexity index is 908. The van der Waals surface area contributed by atoms with Crippen molar-refractivity contribution in [1.82, 2.24) is 4.90 Å². The molecule has 0 bridgehead atoms. The van der Waals surface area contributed by atoms with Crippen LogP contribution in [0.1, 0.15) is 45.0 Å². The van der Waals surface area contributed by atoms with Gasteiger partial charge in [0.2, 0.25) is 5.91 Å². The highest BCUT2D eigenvalue weighted by Gasteiger charge is 2.28. The van der Waals surface area contributed by atoms with Gasteiger partial charge in [0.05, 0.1) is 12.1 Å². The summed E-state index contributed by atoms with van der Waals surface area (Å²) in [7, 11) is 0. The van der Waals surface area contributed by atoms with Crippen LogP contribution in [0.15, 0.2) is 29.2 Å². The number of primary amides is 1. The largest absolute Gasteiger partial charge is 0.365 e. The molecule has 1 aromatic carbocycles. The molecular formula is C19H21N3O3S2. The summed E-state index contributed by atoms with van der Waals surface area (Å²) in [5.41, 5.74) is 7.33. The topological polar surface area (TPSA) is 92.5 Å². The van der Waals surface area contributed by atoms with Crippen LogP contribution in [-0.4, -0.2) is 34.9 Å². The summed E-state index contributed by atoms with van der Waals surface area (Å²) in [6, 6.07) is 7.37. The summed E-state index contributed by atoms with van der Waals surface area (Å²) in [6.07, 6.45) is 0.558. The highest BCUT2D eigenvalue weighted by Crippen LogP contribution is 2.37. The van der Waals surface area contributed by atoms with Gasteiger partial charge in [-0.1, -0.05) is 13.0 Å². The third kappa shape index (κ3) is 4.17. The van der Waals surface area contributed by atoms with E-state index in [4.69, 9.17) is 5.73 Å². The smallest absolute Gasteiger partial charge is 0.256 e. The Kier molecular flexibility index (Phi) is 5.86. The van der Waals surface area contributed by atoms with E-state index in [0.717, 1.165) is 21.1 Å². The molecule has 1 aromatic heterocycles. The number of benzene rings is 1. The molecule has 3 amide bonds. The van der Waals surface area contributed by atoms with Gasteiger partial charge in [0.1, 0.15) is 5.00 Å². The minimum absolute atomic E-state index is 0.00880. The number of nitrogens with one attached hydrogen (secondary N) is 1. The van der Waals surface area contributed by atoms with Crippen LogP contribution in [-0.2, 0) is 17.8 Å². The van der Waals surface area contributed by atoms with Crippen molar-refractivity contribution >= 4 is 45.8 Å². The molecular weight excluding hydrogens is 382 g/mol. The van der Waals surface area contributed by atoms with Gasteiger partial charge in [-0.25, -0.2) is 0 Å². The second-order valence-corrected chi connectivity index (χ2v) is 8.62. The Morgan fingerprint density at radius 2 is 2.11 bits per heavy atom. The molecule has 6 nitrogen and oxygen atoms in total. The summed E-state index contributed by atoms with van der Waals surface area (Å²) in [5, 5.41) is 3.30. The van der Waals surface area contributed by atoms with Gasteiger partial charge in [0, 0.05) is 28.8 Å². The number of fused-ring (bicyclic) bond motifs is 1. The molecule has 1 aliphatic heterocycles. The summed E-state index contributed by atoms with van der Waals surface area (Å²) < 4.78 is 0. The Balaban J connectivity index is 1.89. The maximum absolute atomic E-state index is 12.7. The van der Waals surface area contributed by atoms with Crippen molar-refractivity contribution in [2.75, 3.05) is 17.6 Å². The zero-order valence-electron chi connectivity index (χ0n) is 15.2. The van der Waals surface area contributed by atoms with Crippen molar-refractivity contribution in [2.24, 2.45) is 5.73 Å². The van der Waals surface area contributed by atoms with Gasteiger partial charge in [-0.15, -0.1) is 23.1 Å². The van der Waals surface area contributed by atoms with Crippen LogP contribution in [0.2, 0.25) is 0 Å². The molecule has 1 aliphatic rings. The van der Waals surface area contributed by atoms with Gasteiger partial charge in [-0.05, 0) is 35.9 Å². The van der Waals surface area contributed by atoms with E-state index < -0.39 is 5.91 Å². The summed E-state index contributed by atoms with van der Waals surface area (Å²) >= 11 is 2.97. The summed E-state index contributed by atoms with van der Waals surface area (Å²) in [5.74, 6) is 0.0687.